The van der Waals surface area contributed by atoms with E-state index in [9.17, 15) is 4.79 Å². The van der Waals surface area contributed by atoms with Gasteiger partial charge in [-0.3, -0.25) is 4.79 Å². The van der Waals surface area contributed by atoms with Crippen LogP contribution >= 0.6 is 0 Å². The number of nitrogens with zero attached hydrogens (tertiary/aromatic N) is 1. The fraction of sp³-hybridized carbons (Fsp3) is 0.450. The number of hydrogen-bond donors (Lipinski definition) is 0. The van der Waals surface area contributed by atoms with Crippen LogP contribution in [0, 0.1) is 0 Å². The first-order chi connectivity index (χ1) is 11.2. The highest BCUT2D eigenvalue weighted by molar-refractivity contribution is 5.83. The summed E-state index contributed by atoms with van der Waals surface area (Å²) in [5.41, 5.74) is 1.19. The summed E-state index contributed by atoms with van der Waals surface area (Å²) in [7, 11) is 0. The van der Waals surface area contributed by atoms with E-state index in [4.69, 9.17) is 4.74 Å². The van der Waals surface area contributed by atoms with Gasteiger partial charge in [0.2, 0.25) is 5.91 Å². The van der Waals surface area contributed by atoms with Crippen LogP contribution in [0.15, 0.2) is 42.5 Å². The Balaban J connectivity index is 1.51. The molecule has 2 fully saturated rings. The lowest BCUT2D eigenvalue weighted by molar-refractivity contribution is -0.131. The van der Waals surface area contributed by atoms with Gasteiger partial charge >= 0.3 is 0 Å². The van der Waals surface area contributed by atoms with Crippen LogP contribution in [-0.2, 0) is 16.1 Å². The van der Waals surface area contributed by atoms with Crippen molar-refractivity contribution in [2.75, 3.05) is 13.2 Å². The van der Waals surface area contributed by atoms with Gasteiger partial charge in [0, 0.05) is 26.1 Å². The van der Waals surface area contributed by atoms with Gasteiger partial charge in [0.25, 0.3) is 0 Å². The average molecular weight is 309 g/mol. The number of likely N-dealkylation sites (tertiary alicyclic amines) is 1. The molecule has 1 atom stereocenters. The minimum atomic E-state index is -0.0200. The van der Waals surface area contributed by atoms with E-state index >= 15 is 0 Å². The molecule has 2 aromatic rings. The van der Waals surface area contributed by atoms with Crippen LogP contribution in [0.4, 0.5) is 0 Å². The Kier molecular flexibility index (Phi) is 3.82. The molecular formula is C20H23NO2. The molecule has 2 saturated heterocycles. The number of carbonyl (C=O) groups is 1. The zero-order chi connectivity index (χ0) is 15.7. The fourth-order valence-electron chi connectivity index (χ4n) is 3.96. The predicted octanol–water partition coefficient (Wildman–Crippen LogP) is 3.90. The summed E-state index contributed by atoms with van der Waals surface area (Å²) in [6.45, 7) is 2.38. The lowest BCUT2D eigenvalue weighted by Crippen LogP contribution is -2.32. The van der Waals surface area contributed by atoms with Gasteiger partial charge in [-0.1, -0.05) is 36.4 Å². The Bertz CT molecular complexity index is 718. The smallest absolute Gasteiger partial charge is 0.222 e. The normalized spacial score (nSPS) is 25.2. The Morgan fingerprint density at radius 1 is 1.04 bits per heavy atom. The zero-order valence-corrected chi connectivity index (χ0v) is 13.5. The molecule has 1 spiro atoms. The standard InChI is InChI=1S/C20H23NO2/c22-19-8-10-20(9-3-13-23-20)11-12-21(19)15-16-6-7-17-4-1-2-5-18(17)14-16/h1-2,4-7,14H,3,8-13,15H2/t20-/m0/s1. The molecule has 2 heterocycles. The second kappa shape index (κ2) is 5.97. The second-order valence-corrected chi connectivity index (χ2v) is 6.88. The molecule has 0 aromatic heterocycles. The summed E-state index contributed by atoms with van der Waals surface area (Å²) in [4.78, 5) is 14.5. The van der Waals surface area contributed by atoms with Gasteiger partial charge in [-0.2, -0.15) is 0 Å². The van der Waals surface area contributed by atoms with Crippen LogP contribution in [0.3, 0.4) is 0 Å². The molecule has 1 amide bonds. The summed E-state index contributed by atoms with van der Waals surface area (Å²) < 4.78 is 5.99. The summed E-state index contributed by atoms with van der Waals surface area (Å²) in [6.07, 6.45) is 4.74. The molecule has 3 nitrogen and oxygen atoms in total. The van der Waals surface area contributed by atoms with Gasteiger partial charge in [-0.15, -0.1) is 0 Å². The average Bonchev–Trinajstić information content (AvgIpc) is 2.99. The number of benzene rings is 2. The lowest BCUT2D eigenvalue weighted by atomic mass is 9.92. The maximum Gasteiger partial charge on any atom is 0.222 e. The number of hydrogen-bond acceptors (Lipinski definition) is 2. The largest absolute Gasteiger partial charge is 0.375 e. The van der Waals surface area contributed by atoms with Crippen molar-refractivity contribution in [3.8, 4) is 0 Å². The fourth-order valence-corrected chi connectivity index (χ4v) is 3.96. The lowest BCUT2D eigenvalue weighted by Gasteiger charge is -2.26. The first kappa shape index (κ1) is 14.7. The molecule has 2 aliphatic heterocycles. The maximum atomic E-state index is 12.5. The van der Waals surface area contributed by atoms with Crippen molar-refractivity contribution in [2.24, 2.45) is 0 Å². The van der Waals surface area contributed by atoms with Crippen LogP contribution in [-0.4, -0.2) is 29.6 Å². The summed E-state index contributed by atoms with van der Waals surface area (Å²) in [6, 6.07) is 14.9. The summed E-state index contributed by atoms with van der Waals surface area (Å²) in [5.74, 6) is 0.269. The van der Waals surface area contributed by atoms with Gasteiger partial charge in [0.15, 0.2) is 0 Å². The number of ether oxygens (including phenoxy) is 1. The zero-order valence-electron chi connectivity index (χ0n) is 13.5. The molecule has 0 aliphatic carbocycles. The van der Waals surface area contributed by atoms with E-state index in [-0.39, 0.29) is 11.5 Å². The van der Waals surface area contributed by atoms with Crippen molar-refractivity contribution in [2.45, 2.75) is 44.2 Å². The maximum absolute atomic E-state index is 12.5. The molecule has 0 radical (unpaired) electrons. The van der Waals surface area contributed by atoms with E-state index in [1.54, 1.807) is 0 Å². The van der Waals surface area contributed by atoms with Crippen LogP contribution in [0.5, 0.6) is 0 Å². The first-order valence-electron chi connectivity index (χ1n) is 8.64. The van der Waals surface area contributed by atoms with Crippen molar-refractivity contribution in [3.05, 3.63) is 48.0 Å². The van der Waals surface area contributed by atoms with Crippen molar-refractivity contribution in [1.29, 1.82) is 0 Å². The van der Waals surface area contributed by atoms with Crippen molar-refractivity contribution >= 4 is 16.7 Å². The Morgan fingerprint density at radius 3 is 2.74 bits per heavy atom. The number of fused-ring (bicyclic) bond motifs is 1. The molecule has 0 N–H and O–H groups in total. The van der Waals surface area contributed by atoms with Gasteiger partial charge in [0.05, 0.1) is 5.60 Å². The minimum absolute atomic E-state index is 0.0200. The number of carbonyl (C=O) groups excluding carboxylic acids is 1. The number of amides is 1. The molecular weight excluding hydrogens is 286 g/mol. The van der Waals surface area contributed by atoms with E-state index in [1.807, 2.05) is 4.90 Å². The molecule has 120 valence electrons. The molecule has 2 aliphatic rings. The van der Waals surface area contributed by atoms with Crippen LogP contribution in [0.1, 0.15) is 37.7 Å². The van der Waals surface area contributed by atoms with E-state index in [1.165, 1.54) is 16.3 Å². The highest BCUT2D eigenvalue weighted by Crippen LogP contribution is 2.36. The van der Waals surface area contributed by atoms with E-state index < -0.39 is 0 Å². The predicted molar refractivity (Wildman–Crippen MR) is 91.1 cm³/mol. The van der Waals surface area contributed by atoms with Gasteiger partial charge in [0.1, 0.15) is 0 Å². The van der Waals surface area contributed by atoms with Crippen molar-refractivity contribution in [1.82, 2.24) is 4.90 Å². The Morgan fingerprint density at radius 2 is 1.91 bits per heavy atom. The monoisotopic (exact) mass is 309 g/mol. The topological polar surface area (TPSA) is 29.5 Å². The minimum Gasteiger partial charge on any atom is -0.375 e. The van der Waals surface area contributed by atoms with Crippen LogP contribution in [0.2, 0.25) is 0 Å². The molecule has 0 unspecified atom stereocenters. The van der Waals surface area contributed by atoms with Crippen molar-refractivity contribution < 1.29 is 9.53 Å². The summed E-state index contributed by atoms with van der Waals surface area (Å²) in [5, 5.41) is 2.49. The van der Waals surface area contributed by atoms with E-state index in [0.29, 0.717) is 13.0 Å². The van der Waals surface area contributed by atoms with Gasteiger partial charge in [-0.25, -0.2) is 0 Å². The van der Waals surface area contributed by atoms with Crippen molar-refractivity contribution in [3.63, 3.8) is 0 Å². The number of rotatable bonds is 2. The quantitative estimate of drug-likeness (QED) is 0.842. The third-order valence-electron chi connectivity index (χ3n) is 5.36. The molecule has 0 saturated carbocycles. The second-order valence-electron chi connectivity index (χ2n) is 6.88. The molecule has 2 aromatic carbocycles. The molecule has 0 bridgehead atoms. The first-order valence-corrected chi connectivity index (χ1v) is 8.64. The SMILES string of the molecule is O=C1CC[C@@]2(CCCO2)CCN1Cc1ccc2ccccc2c1. The molecule has 23 heavy (non-hydrogen) atoms. The molecule has 4 rings (SSSR count). The van der Waals surface area contributed by atoms with Crippen LogP contribution < -0.4 is 0 Å². The Hall–Kier alpha value is -1.87. The van der Waals surface area contributed by atoms with Gasteiger partial charge < -0.3 is 9.64 Å². The van der Waals surface area contributed by atoms with E-state index in [0.717, 1.165) is 38.8 Å². The third-order valence-corrected chi connectivity index (χ3v) is 5.36. The third kappa shape index (κ3) is 2.98. The Labute approximate surface area is 137 Å². The summed E-state index contributed by atoms with van der Waals surface area (Å²) >= 11 is 0. The van der Waals surface area contributed by atoms with Gasteiger partial charge in [-0.05, 0) is 48.1 Å². The highest BCUT2D eigenvalue weighted by atomic mass is 16.5. The van der Waals surface area contributed by atoms with Crippen LogP contribution in [0.25, 0.3) is 10.8 Å². The highest BCUT2D eigenvalue weighted by Gasteiger charge is 2.38. The molecule has 3 heteroatoms. The van der Waals surface area contributed by atoms with E-state index in [2.05, 4.69) is 42.5 Å².